The molecule has 1 aromatic carbocycles. The van der Waals surface area contributed by atoms with Crippen molar-refractivity contribution in [1.82, 2.24) is 14.8 Å². The van der Waals surface area contributed by atoms with Gasteiger partial charge in [-0.25, -0.2) is 0 Å². The van der Waals surface area contributed by atoms with Crippen molar-refractivity contribution in [2.75, 3.05) is 11.4 Å². The Morgan fingerprint density at radius 2 is 2.00 bits per heavy atom. The molecule has 0 spiro atoms. The van der Waals surface area contributed by atoms with Crippen molar-refractivity contribution >= 4 is 5.69 Å². The zero-order chi connectivity index (χ0) is 12.5. The van der Waals surface area contributed by atoms with Crippen LogP contribution >= 0.6 is 0 Å². The normalized spacial score (nSPS) is 16.4. The third kappa shape index (κ3) is 1.97. The predicted octanol–water partition coefficient (Wildman–Crippen LogP) is 1.35. The van der Waals surface area contributed by atoms with Gasteiger partial charge in [-0.1, -0.05) is 12.1 Å². The van der Waals surface area contributed by atoms with Gasteiger partial charge in [0.2, 0.25) is 0 Å². The van der Waals surface area contributed by atoms with Crippen LogP contribution in [0.1, 0.15) is 24.4 Å². The highest BCUT2D eigenvalue weighted by Crippen LogP contribution is 2.22. The fourth-order valence-corrected chi connectivity index (χ4v) is 2.25. The van der Waals surface area contributed by atoms with Crippen LogP contribution in [0.15, 0.2) is 30.6 Å². The summed E-state index contributed by atoms with van der Waals surface area (Å²) < 4.78 is 2.08. The summed E-state index contributed by atoms with van der Waals surface area (Å²) in [5, 5.41) is 17.5. The van der Waals surface area contributed by atoms with Gasteiger partial charge in [0.05, 0.1) is 12.6 Å². The summed E-state index contributed by atoms with van der Waals surface area (Å²) in [5.74, 6) is 1.00. The molecule has 0 bridgehead atoms. The first kappa shape index (κ1) is 11.2. The average Bonchev–Trinajstić information content (AvgIpc) is 2.86. The lowest BCUT2D eigenvalue weighted by molar-refractivity contribution is 0.199. The maximum atomic E-state index is 9.49. The van der Waals surface area contributed by atoms with Gasteiger partial charge in [-0.15, -0.1) is 10.2 Å². The third-order valence-corrected chi connectivity index (χ3v) is 3.38. The second-order valence-electron chi connectivity index (χ2n) is 4.63. The van der Waals surface area contributed by atoms with Crippen LogP contribution in [0.2, 0.25) is 0 Å². The van der Waals surface area contributed by atoms with E-state index >= 15 is 0 Å². The molecule has 1 aliphatic heterocycles. The Bertz CT molecular complexity index is 532. The van der Waals surface area contributed by atoms with Crippen LogP contribution in [0.4, 0.5) is 5.69 Å². The van der Waals surface area contributed by atoms with E-state index in [0.717, 1.165) is 36.7 Å². The molecule has 2 heterocycles. The number of anilines is 1. The summed E-state index contributed by atoms with van der Waals surface area (Å²) in [4.78, 5) is 2.27. The second kappa shape index (κ2) is 4.42. The van der Waals surface area contributed by atoms with Gasteiger partial charge < -0.3 is 14.6 Å². The third-order valence-electron chi connectivity index (χ3n) is 3.38. The van der Waals surface area contributed by atoms with E-state index in [1.165, 1.54) is 0 Å². The Hall–Kier alpha value is -1.88. The average molecular weight is 244 g/mol. The van der Waals surface area contributed by atoms with Crippen molar-refractivity contribution in [1.29, 1.82) is 0 Å². The summed E-state index contributed by atoms with van der Waals surface area (Å²) in [6, 6.07) is 8.04. The summed E-state index contributed by atoms with van der Waals surface area (Å²) in [6.45, 7) is 4.44. The first-order valence-electron chi connectivity index (χ1n) is 6.14. The lowest BCUT2D eigenvalue weighted by Crippen LogP contribution is -2.33. The zero-order valence-corrected chi connectivity index (χ0v) is 10.3. The lowest BCUT2D eigenvalue weighted by Gasteiger charge is -2.29. The van der Waals surface area contributed by atoms with E-state index in [4.69, 9.17) is 0 Å². The van der Waals surface area contributed by atoms with Crippen molar-refractivity contribution in [3.63, 3.8) is 0 Å². The molecule has 0 aliphatic carbocycles. The molecule has 1 atom stereocenters. The monoisotopic (exact) mass is 244 g/mol. The van der Waals surface area contributed by atoms with Crippen molar-refractivity contribution < 1.29 is 5.11 Å². The maximum Gasteiger partial charge on any atom is 0.152 e. The van der Waals surface area contributed by atoms with Gasteiger partial charge in [0.1, 0.15) is 6.33 Å². The molecule has 18 heavy (non-hydrogen) atoms. The van der Waals surface area contributed by atoms with Crippen LogP contribution in [-0.2, 0) is 13.1 Å². The van der Waals surface area contributed by atoms with Gasteiger partial charge >= 0.3 is 0 Å². The van der Waals surface area contributed by atoms with Gasteiger partial charge in [-0.3, -0.25) is 0 Å². The molecule has 0 saturated heterocycles. The fraction of sp³-hybridized carbons (Fsp3) is 0.385. The Labute approximate surface area is 106 Å². The molecule has 0 unspecified atom stereocenters. The van der Waals surface area contributed by atoms with Gasteiger partial charge in [0.15, 0.2) is 5.82 Å². The van der Waals surface area contributed by atoms with Crippen LogP contribution in [0, 0.1) is 0 Å². The van der Waals surface area contributed by atoms with Crippen LogP contribution < -0.4 is 4.90 Å². The minimum absolute atomic E-state index is 0.413. The standard InChI is InChI=1S/C13H16N4O/c1-10(18)11-2-4-12(5-3-11)16-6-7-17-9-14-15-13(17)8-16/h2-5,9-10,18H,6-8H2,1H3/t10-/m0/s1. The predicted molar refractivity (Wildman–Crippen MR) is 68.1 cm³/mol. The Morgan fingerprint density at radius 3 is 2.72 bits per heavy atom. The Balaban J connectivity index is 1.80. The molecule has 0 amide bonds. The largest absolute Gasteiger partial charge is 0.389 e. The smallest absolute Gasteiger partial charge is 0.152 e. The summed E-state index contributed by atoms with van der Waals surface area (Å²) in [6.07, 6.45) is 1.37. The molecule has 0 fully saturated rings. The highest BCUT2D eigenvalue weighted by Gasteiger charge is 2.17. The Kier molecular flexibility index (Phi) is 2.76. The number of rotatable bonds is 2. The van der Waals surface area contributed by atoms with E-state index in [2.05, 4.69) is 19.7 Å². The number of aliphatic hydroxyl groups excluding tert-OH is 1. The first-order chi connectivity index (χ1) is 8.74. The maximum absolute atomic E-state index is 9.49. The van der Waals surface area contributed by atoms with Crippen molar-refractivity contribution in [2.45, 2.75) is 26.1 Å². The molecule has 1 aliphatic rings. The van der Waals surface area contributed by atoms with E-state index in [0.29, 0.717) is 0 Å². The van der Waals surface area contributed by atoms with E-state index in [-0.39, 0.29) is 0 Å². The SMILES string of the molecule is C[C@H](O)c1ccc(N2CCn3cnnc3C2)cc1. The van der Waals surface area contributed by atoms with Crippen molar-refractivity contribution in [3.05, 3.63) is 42.0 Å². The molecule has 1 aromatic heterocycles. The minimum Gasteiger partial charge on any atom is -0.389 e. The van der Waals surface area contributed by atoms with E-state index in [1.807, 2.05) is 24.3 Å². The summed E-state index contributed by atoms with van der Waals surface area (Å²) >= 11 is 0. The number of aliphatic hydroxyl groups is 1. The molecule has 5 nitrogen and oxygen atoms in total. The highest BCUT2D eigenvalue weighted by molar-refractivity contribution is 5.48. The number of hydrogen-bond acceptors (Lipinski definition) is 4. The van der Waals surface area contributed by atoms with Crippen LogP contribution in [0.5, 0.6) is 0 Å². The van der Waals surface area contributed by atoms with E-state index in [1.54, 1.807) is 13.3 Å². The molecule has 2 aromatic rings. The second-order valence-corrected chi connectivity index (χ2v) is 4.63. The number of aromatic nitrogens is 3. The summed E-state index contributed by atoms with van der Waals surface area (Å²) in [7, 11) is 0. The highest BCUT2D eigenvalue weighted by atomic mass is 16.3. The topological polar surface area (TPSA) is 54.2 Å². The van der Waals surface area contributed by atoms with E-state index in [9.17, 15) is 5.11 Å². The van der Waals surface area contributed by atoms with Crippen molar-refractivity contribution in [2.24, 2.45) is 0 Å². The van der Waals surface area contributed by atoms with E-state index < -0.39 is 6.10 Å². The first-order valence-corrected chi connectivity index (χ1v) is 6.14. The molecule has 94 valence electrons. The molecule has 0 radical (unpaired) electrons. The van der Waals surface area contributed by atoms with Gasteiger partial charge in [-0.05, 0) is 24.6 Å². The quantitative estimate of drug-likeness (QED) is 0.866. The summed E-state index contributed by atoms with van der Waals surface area (Å²) in [5.41, 5.74) is 2.10. The molecule has 1 N–H and O–H groups in total. The number of benzene rings is 1. The lowest BCUT2D eigenvalue weighted by atomic mass is 10.1. The molecular weight excluding hydrogens is 228 g/mol. The van der Waals surface area contributed by atoms with Crippen molar-refractivity contribution in [3.8, 4) is 0 Å². The van der Waals surface area contributed by atoms with Crippen LogP contribution in [0.3, 0.4) is 0 Å². The van der Waals surface area contributed by atoms with Crippen LogP contribution in [0.25, 0.3) is 0 Å². The number of hydrogen-bond donors (Lipinski definition) is 1. The zero-order valence-electron chi connectivity index (χ0n) is 10.3. The fourth-order valence-electron chi connectivity index (χ4n) is 2.25. The van der Waals surface area contributed by atoms with Crippen LogP contribution in [-0.4, -0.2) is 26.4 Å². The molecule has 5 heteroatoms. The van der Waals surface area contributed by atoms with Gasteiger partial charge in [-0.2, -0.15) is 0 Å². The minimum atomic E-state index is -0.413. The number of fused-ring (bicyclic) bond motifs is 1. The Morgan fingerprint density at radius 1 is 1.22 bits per heavy atom. The number of nitrogens with zero attached hydrogens (tertiary/aromatic N) is 4. The molecule has 3 rings (SSSR count). The van der Waals surface area contributed by atoms with Gasteiger partial charge in [0, 0.05) is 18.8 Å². The van der Waals surface area contributed by atoms with Gasteiger partial charge in [0.25, 0.3) is 0 Å². The molecular formula is C13H16N4O. The molecule has 0 saturated carbocycles.